The molecular formula is C10H16N2O3. The number of hydrogen-bond donors (Lipinski definition) is 0. The average molecular weight is 212 g/mol. The first-order valence-corrected chi connectivity index (χ1v) is 4.98. The number of Topliss-reactive ketones (excluding diaryl/α,β-unsaturated/α-hetero) is 1. The Morgan fingerprint density at radius 2 is 1.87 bits per heavy atom. The summed E-state index contributed by atoms with van der Waals surface area (Å²) in [5.74, 6) is -0.349. The Morgan fingerprint density at radius 3 is 2.33 bits per heavy atom. The Bertz CT molecular complexity index is 299. The molecule has 0 saturated carbocycles. The van der Waals surface area contributed by atoms with Crippen molar-refractivity contribution in [2.45, 2.75) is 26.8 Å². The maximum atomic E-state index is 11.6. The summed E-state index contributed by atoms with van der Waals surface area (Å²) in [5.41, 5.74) is 0. The quantitative estimate of drug-likeness (QED) is 0.642. The van der Waals surface area contributed by atoms with Gasteiger partial charge in [-0.2, -0.15) is 0 Å². The Labute approximate surface area is 89.0 Å². The highest BCUT2D eigenvalue weighted by atomic mass is 16.2. The van der Waals surface area contributed by atoms with Gasteiger partial charge in [0.25, 0.3) is 0 Å². The molecule has 0 N–H and O–H groups in total. The van der Waals surface area contributed by atoms with Crippen LogP contribution in [0.15, 0.2) is 0 Å². The zero-order valence-electron chi connectivity index (χ0n) is 9.32. The van der Waals surface area contributed by atoms with E-state index in [1.54, 1.807) is 0 Å². The van der Waals surface area contributed by atoms with Crippen molar-refractivity contribution in [3.8, 4) is 0 Å². The van der Waals surface area contributed by atoms with E-state index in [1.807, 2.05) is 13.8 Å². The van der Waals surface area contributed by atoms with Crippen molar-refractivity contribution in [1.82, 2.24) is 9.80 Å². The van der Waals surface area contributed by atoms with E-state index in [0.29, 0.717) is 0 Å². The topological polar surface area (TPSA) is 57.7 Å². The van der Waals surface area contributed by atoms with Crippen molar-refractivity contribution >= 4 is 17.6 Å². The molecule has 0 atom stereocenters. The fourth-order valence-electron chi connectivity index (χ4n) is 1.56. The summed E-state index contributed by atoms with van der Waals surface area (Å²) in [5, 5.41) is 0. The molecule has 0 radical (unpaired) electrons. The van der Waals surface area contributed by atoms with Crippen molar-refractivity contribution in [2.24, 2.45) is 0 Å². The zero-order chi connectivity index (χ0) is 11.6. The number of hydrogen-bond acceptors (Lipinski definition) is 3. The maximum absolute atomic E-state index is 11.6. The Kier molecular flexibility index (Phi) is 3.44. The van der Waals surface area contributed by atoms with Gasteiger partial charge in [0.2, 0.25) is 11.8 Å². The van der Waals surface area contributed by atoms with E-state index in [9.17, 15) is 14.4 Å². The summed E-state index contributed by atoms with van der Waals surface area (Å²) < 4.78 is 0. The van der Waals surface area contributed by atoms with Gasteiger partial charge in [0.05, 0.1) is 6.54 Å². The van der Waals surface area contributed by atoms with E-state index in [4.69, 9.17) is 0 Å². The standard InChI is InChI=1S/C10H16N2O3/c1-7(2)12-6-9(14)11(4-8(3)13)5-10(12)15/h7H,4-6H2,1-3H3. The van der Waals surface area contributed by atoms with Gasteiger partial charge < -0.3 is 9.80 Å². The lowest BCUT2D eigenvalue weighted by Gasteiger charge is -2.35. The van der Waals surface area contributed by atoms with Crippen LogP contribution in [0.4, 0.5) is 0 Å². The van der Waals surface area contributed by atoms with Crippen molar-refractivity contribution in [2.75, 3.05) is 19.6 Å². The van der Waals surface area contributed by atoms with Crippen LogP contribution >= 0.6 is 0 Å². The lowest BCUT2D eigenvalue weighted by molar-refractivity contribution is -0.152. The molecule has 0 aromatic carbocycles. The minimum Gasteiger partial charge on any atom is -0.329 e. The zero-order valence-corrected chi connectivity index (χ0v) is 9.32. The monoisotopic (exact) mass is 212 g/mol. The van der Waals surface area contributed by atoms with Gasteiger partial charge in [0.15, 0.2) is 0 Å². The van der Waals surface area contributed by atoms with E-state index in [0.717, 1.165) is 0 Å². The molecule has 1 aliphatic rings. The van der Waals surface area contributed by atoms with Crippen LogP contribution in [0.2, 0.25) is 0 Å². The van der Waals surface area contributed by atoms with Crippen LogP contribution in [0.25, 0.3) is 0 Å². The summed E-state index contributed by atoms with van der Waals surface area (Å²) in [6.07, 6.45) is 0. The molecule has 0 aliphatic carbocycles. The highest BCUT2D eigenvalue weighted by Crippen LogP contribution is 2.08. The van der Waals surface area contributed by atoms with Crippen molar-refractivity contribution in [3.05, 3.63) is 0 Å². The Hall–Kier alpha value is -1.39. The maximum Gasteiger partial charge on any atom is 0.243 e. The predicted molar refractivity (Wildman–Crippen MR) is 54.1 cm³/mol. The molecule has 15 heavy (non-hydrogen) atoms. The molecule has 0 aromatic heterocycles. The third-order valence-electron chi connectivity index (χ3n) is 2.34. The van der Waals surface area contributed by atoms with E-state index in [-0.39, 0.29) is 43.3 Å². The van der Waals surface area contributed by atoms with Crippen LogP contribution in [-0.4, -0.2) is 53.1 Å². The minimum atomic E-state index is -0.154. The first-order chi connectivity index (χ1) is 6.91. The lowest BCUT2D eigenvalue weighted by Crippen LogP contribution is -2.56. The molecule has 0 spiro atoms. The molecule has 0 unspecified atom stereocenters. The van der Waals surface area contributed by atoms with Crippen molar-refractivity contribution in [3.63, 3.8) is 0 Å². The third-order valence-corrected chi connectivity index (χ3v) is 2.34. The number of carbonyl (C=O) groups is 3. The summed E-state index contributed by atoms with van der Waals surface area (Å²) in [7, 11) is 0. The second-order valence-electron chi connectivity index (χ2n) is 4.07. The molecule has 1 fully saturated rings. The molecule has 5 heteroatoms. The van der Waals surface area contributed by atoms with E-state index in [1.165, 1.54) is 16.7 Å². The normalized spacial score (nSPS) is 17.6. The fraction of sp³-hybridized carbons (Fsp3) is 0.700. The number of rotatable bonds is 3. The first-order valence-electron chi connectivity index (χ1n) is 4.98. The largest absolute Gasteiger partial charge is 0.329 e. The van der Waals surface area contributed by atoms with Gasteiger partial charge in [-0.25, -0.2) is 0 Å². The summed E-state index contributed by atoms with van der Waals surface area (Å²) in [4.78, 5) is 36.9. The van der Waals surface area contributed by atoms with Crippen LogP contribution in [0.1, 0.15) is 20.8 Å². The second-order valence-corrected chi connectivity index (χ2v) is 4.07. The van der Waals surface area contributed by atoms with Crippen LogP contribution in [-0.2, 0) is 14.4 Å². The number of ketones is 1. The van der Waals surface area contributed by atoms with Gasteiger partial charge in [0, 0.05) is 6.04 Å². The molecule has 1 heterocycles. The predicted octanol–water partition coefficient (Wildman–Crippen LogP) is -0.345. The van der Waals surface area contributed by atoms with Crippen LogP contribution < -0.4 is 0 Å². The SMILES string of the molecule is CC(=O)CN1CC(=O)N(C(C)C)CC1=O. The molecule has 0 aromatic rings. The van der Waals surface area contributed by atoms with E-state index in [2.05, 4.69) is 0 Å². The van der Waals surface area contributed by atoms with Gasteiger partial charge in [0.1, 0.15) is 18.9 Å². The van der Waals surface area contributed by atoms with Crippen LogP contribution in [0.5, 0.6) is 0 Å². The minimum absolute atomic E-state index is 0.0244. The van der Waals surface area contributed by atoms with Gasteiger partial charge in [-0.15, -0.1) is 0 Å². The molecular weight excluding hydrogens is 196 g/mol. The summed E-state index contributed by atoms with van der Waals surface area (Å²) >= 11 is 0. The van der Waals surface area contributed by atoms with Crippen molar-refractivity contribution in [1.29, 1.82) is 0 Å². The fourth-order valence-corrected chi connectivity index (χ4v) is 1.56. The van der Waals surface area contributed by atoms with Gasteiger partial charge in [-0.3, -0.25) is 14.4 Å². The molecule has 1 rings (SSSR count). The second kappa shape index (κ2) is 4.42. The number of piperazine rings is 1. The number of carbonyl (C=O) groups excluding carboxylic acids is 3. The van der Waals surface area contributed by atoms with E-state index >= 15 is 0 Å². The molecule has 5 nitrogen and oxygen atoms in total. The van der Waals surface area contributed by atoms with Crippen molar-refractivity contribution < 1.29 is 14.4 Å². The van der Waals surface area contributed by atoms with Gasteiger partial charge in [-0.05, 0) is 20.8 Å². The smallest absolute Gasteiger partial charge is 0.243 e. The lowest BCUT2D eigenvalue weighted by atomic mass is 10.2. The summed E-state index contributed by atoms with van der Waals surface area (Å²) in [6, 6.07) is 0.0286. The molecule has 1 aliphatic heterocycles. The van der Waals surface area contributed by atoms with Gasteiger partial charge >= 0.3 is 0 Å². The highest BCUT2D eigenvalue weighted by Gasteiger charge is 2.31. The molecule has 1 saturated heterocycles. The van der Waals surface area contributed by atoms with Crippen LogP contribution in [0, 0.1) is 0 Å². The van der Waals surface area contributed by atoms with Gasteiger partial charge in [-0.1, -0.05) is 0 Å². The number of nitrogens with zero attached hydrogens (tertiary/aromatic N) is 2. The Morgan fingerprint density at radius 1 is 1.27 bits per heavy atom. The molecule has 0 bridgehead atoms. The number of amides is 2. The van der Waals surface area contributed by atoms with Crippen LogP contribution in [0.3, 0.4) is 0 Å². The summed E-state index contributed by atoms with van der Waals surface area (Å²) in [6.45, 7) is 5.29. The third kappa shape index (κ3) is 2.78. The first kappa shape index (κ1) is 11.7. The average Bonchev–Trinajstić information content (AvgIpc) is 2.09. The van der Waals surface area contributed by atoms with E-state index < -0.39 is 0 Å². The Balaban J connectivity index is 2.67. The molecule has 2 amide bonds. The highest BCUT2D eigenvalue weighted by molar-refractivity contribution is 5.95. The molecule has 84 valence electrons.